The average molecular weight is 270 g/mol. The topological polar surface area (TPSA) is 60.8 Å². The van der Waals surface area contributed by atoms with Crippen LogP contribution in [0.4, 0.5) is 4.79 Å². The first-order valence-corrected chi connectivity index (χ1v) is 6.39. The van der Waals surface area contributed by atoms with Crippen LogP contribution in [0.5, 0.6) is 5.75 Å². The van der Waals surface area contributed by atoms with E-state index in [0.717, 1.165) is 24.8 Å². The molecule has 1 aliphatic heterocycles. The smallest absolute Gasteiger partial charge is 0.407 e. The quantitative estimate of drug-likeness (QED) is 0.868. The molecule has 0 unspecified atom stereocenters. The van der Waals surface area contributed by atoms with Gasteiger partial charge in [-0.2, -0.15) is 0 Å². The van der Waals surface area contributed by atoms with Gasteiger partial charge in [0.2, 0.25) is 0 Å². The van der Waals surface area contributed by atoms with Gasteiger partial charge in [-0.1, -0.05) is 17.7 Å². The normalized spacial score (nSPS) is 16.8. The predicted octanol–water partition coefficient (Wildman–Crippen LogP) is 2.98. The number of nitrogens with zero attached hydrogens (tertiary/aromatic N) is 1. The van der Waals surface area contributed by atoms with Gasteiger partial charge >= 0.3 is 6.09 Å². The first-order chi connectivity index (χ1) is 8.56. The maximum atomic E-state index is 10.8. The Kier molecular flexibility index (Phi) is 3.97. The molecule has 1 aromatic carbocycles. The summed E-state index contributed by atoms with van der Waals surface area (Å²) < 4.78 is 0. The Morgan fingerprint density at radius 2 is 2.06 bits per heavy atom. The summed E-state index contributed by atoms with van der Waals surface area (Å²) in [7, 11) is 0. The maximum absolute atomic E-state index is 10.8. The van der Waals surface area contributed by atoms with Gasteiger partial charge in [0.1, 0.15) is 5.75 Å². The second-order valence-electron chi connectivity index (χ2n) is 4.70. The van der Waals surface area contributed by atoms with Crippen molar-refractivity contribution in [2.75, 3.05) is 13.1 Å². The lowest BCUT2D eigenvalue weighted by Crippen LogP contribution is -2.37. The molecule has 1 fully saturated rings. The summed E-state index contributed by atoms with van der Waals surface area (Å²) in [4.78, 5) is 12.2. The van der Waals surface area contributed by atoms with Gasteiger partial charge in [0.15, 0.2) is 0 Å². The Hall–Kier alpha value is -1.42. The lowest BCUT2D eigenvalue weighted by atomic mass is 9.90. The molecule has 0 aromatic heterocycles. The number of carboxylic acid groups (broad SMARTS) is 1. The van der Waals surface area contributed by atoms with Gasteiger partial charge < -0.3 is 15.1 Å². The van der Waals surface area contributed by atoms with E-state index in [4.69, 9.17) is 16.7 Å². The van der Waals surface area contributed by atoms with Crippen LogP contribution >= 0.6 is 11.6 Å². The molecule has 0 saturated carbocycles. The standard InChI is InChI=1S/C13H16ClNO3/c14-11-8-10(1-2-12(11)16)7-9-3-5-15(6-4-9)13(17)18/h1-2,8-9,16H,3-7H2,(H,17,18). The number of amides is 1. The van der Waals surface area contributed by atoms with Crippen LogP contribution in [0.2, 0.25) is 5.02 Å². The minimum Gasteiger partial charge on any atom is -0.506 e. The fourth-order valence-corrected chi connectivity index (χ4v) is 2.54. The van der Waals surface area contributed by atoms with Crippen LogP contribution in [0.15, 0.2) is 18.2 Å². The van der Waals surface area contributed by atoms with E-state index in [2.05, 4.69) is 0 Å². The molecule has 0 spiro atoms. The third kappa shape index (κ3) is 3.07. The SMILES string of the molecule is O=C(O)N1CCC(Cc2ccc(O)c(Cl)c2)CC1. The third-order valence-electron chi connectivity index (χ3n) is 3.42. The molecule has 1 heterocycles. The minimum atomic E-state index is -0.832. The lowest BCUT2D eigenvalue weighted by Gasteiger charge is -2.30. The largest absolute Gasteiger partial charge is 0.506 e. The maximum Gasteiger partial charge on any atom is 0.407 e. The number of rotatable bonds is 2. The number of phenolic OH excluding ortho intramolecular Hbond substituents is 1. The van der Waals surface area contributed by atoms with E-state index >= 15 is 0 Å². The molecule has 0 radical (unpaired) electrons. The van der Waals surface area contributed by atoms with E-state index in [1.165, 1.54) is 4.90 Å². The number of carbonyl (C=O) groups is 1. The Morgan fingerprint density at radius 1 is 1.39 bits per heavy atom. The molecule has 0 atom stereocenters. The van der Waals surface area contributed by atoms with Crippen LogP contribution in [0.3, 0.4) is 0 Å². The Bertz CT molecular complexity index is 442. The zero-order valence-corrected chi connectivity index (χ0v) is 10.7. The Balaban J connectivity index is 1.91. The summed E-state index contributed by atoms with van der Waals surface area (Å²) in [5, 5.41) is 18.6. The minimum absolute atomic E-state index is 0.0983. The van der Waals surface area contributed by atoms with Crippen LogP contribution in [-0.2, 0) is 6.42 Å². The molecule has 18 heavy (non-hydrogen) atoms. The molecule has 2 N–H and O–H groups in total. The van der Waals surface area contributed by atoms with Crippen molar-refractivity contribution < 1.29 is 15.0 Å². The predicted molar refractivity (Wildman–Crippen MR) is 69.1 cm³/mol. The molecule has 1 amide bonds. The van der Waals surface area contributed by atoms with Crippen molar-refractivity contribution in [1.82, 2.24) is 4.90 Å². The molecular weight excluding hydrogens is 254 g/mol. The summed E-state index contributed by atoms with van der Waals surface area (Å²) in [6.45, 7) is 1.21. The number of halogens is 1. The van der Waals surface area contributed by atoms with Crippen molar-refractivity contribution in [3.8, 4) is 5.75 Å². The molecule has 1 saturated heterocycles. The summed E-state index contributed by atoms with van der Waals surface area (Å²) in [6, 6.07) is 5.25. The molecule has 1 aromatic rings. The van der Waals surface area contributed by atoms with E-state index < -0.39 is 6.09 Å². The second-order valence-corrected chi connectivity index (χ2v) is 5.11. The first-order valence-electron chi connectivity index (χ1n) is 6.01. The molecule has 2 rings (SSSR count). The van der Waals surface area contributed by atoms with Gasteiger partial charge in [0, 0.05) is 13.1 Å². The van der Waals surface area contributed by atoms with Gasteiger partial charge in [-0.25, -0.2) is 4.79 Å². The van der Waals surface area contributed by atoms with Gasteiger partial charge in [-0.15, -0.1) is 0 Å². The molecule has 98 valence electrons. The fraction of sp³-hybridized carbons (Fsp3) is 0.462. The summed E-state index contributed by atoms with van der Waals surface area (Å²) in [5.74, 6) is 0.585. The highest BCUT2D eigenvalue weighted by Crippen LogP contribution is 2.27. The van der Waals surface area contributed by atoms with E-state index in [-0.39, 0.29) is 5.75 Å². The van der Waals surface area contributed by atoms with Gasteiger partial charge in [0.05, 0.1) is 5.02 Å². The van der Waals surface area contributed by atoms with Crippen LogP contribution in [0.1, 0.15) is 18.4 Å². The number of piperidine rings is 1. The number of hydrogen-bond donors (Lipinski definition) is 2. The summed E-state index contributed by atoms with van der Waals surface area (Å²) >= 11 is 5.86. The highest BCUT2D eigenvalue weighted by Gasteiger charge is 2.22. The van der Waals surface area contributed by atoms with Gasteiger partial charge in [-0.3, -0.25) is 0 Å². The highest BCUT2D eigenvalue weighted by atomic mass is 35.5. The van der Waals surface area contributed by atoms with Crippen molar-refractivity contribution >= 4 is 17.7 Å². The molecule has 0 bridgehead atoms. The molecular formula is C13H16ClNO3. The molecule has 1 aliphatic rings. The van der Waals surface area contributed by atoms with Crippen LogP contribution in [0, 0.1) is 5.92 Å². The number of benzene rings is 1. The first kappa shape index (κ1) is 13.0. The summed E-state index contributed by atoms with van der Waals surface area (Å²) in [6.07, 6.45) is 1.81. The Labute approximate surface area is 111 Å². The van der Waals surface area contributed by atoms with E-state index in [0.29, 0.717) is 24.0 Å². The molecule has 5 heteroatoms. The average Bonchev–Trinajstić information content (AvgIpc) is 2.34. The molecule has 4 nitrogen and oxygen atoms in total. The van der Waals surface area contributed by atoms with E-state index in [9.17, 15) is 9.90 Å². The highest BCUT2D eigenvalue weighted by molar-refractivity contribution is 6.32. The number of likely N-dealkylation sites (tertiary alicyclic amines) is 1. The van der Waals surface area contributed by atoms with Crippen LogP contribution < -0.4 is 0 Å². The number of aromatic hydroxyl groups is 1. The number of hydrogen-bond acceptors (Lipinski definition) is 2. The van der Waals surface area contributed by atoms with Crippen molar-refractivity contribution in [2.45, 2.75) is 19.3 Å². The lowest BCUT2D eigenvalue weighted by molar-refractivity contribution is 0.124. The zero-order chi connectivity index (χ0) is 13.1. The summed E-state index contributed by atoms with van der Waals surface area (Å²) in [5.41, 5.74) is 1.09. The molecule has 0 aliphatic carbocycles. The fourth-order valence-electron chi connectivity index (χ4n) is 2.34. The monoisotopic (exact) mass is 269 g/mol. The third-order valence-corrected chi connectivity index (χ3v) is 3.72. The van der Waals surface area contributed by atoms with E-state index in [1.54, 1.807) is 12.1 Å². The van der Waals surface area contributed by atoms with Gasteiger partial charge in [0.25, 0.3) is 0 Å². The van der Waals surface area contributed by atoms with Crippen LogP contribution in [-0.4, -0.2) is 34.3 Å². The van der Waals surface area contributed by atoms with Crippen molar-refractivity contribution in [1.29, 1.82) is 0 Å². The van der Waals surface area contributed by atoms with Gasteiger partial charge in [-0.05, 0) is 42.9 Å². The second kappa shape index (κ2) is 5.48. The van der Waals surface area contributed by atoms with Crippen molar-refractivity contribution in [3.05, 3.63) is 28.8 Å². The van der Waals surface area contributed by atoms with Crippen molar-refractivity contribution in [3.63, 3.8) is 0 Å². The van der Waals surface area contributed by atoms with Crippen LogP contribution in [0.25, 0.3) is 0 Å². The Morgan fingerprint density at radius 3 is 2.61 bits per heavy atom. The number of phenols is 1. The van der Waals surface area contributed by atoms with E-state index in [1.807, 2.05) is 6.07 Å². The van der Waals surface area contributed by atoms with Crippen molar-refractivity contribution in [2.24, 2.45) is 5.92 Å². The zero-order valence-electron chi connectivity index (χ0n) is 9.97.